The van der Waals surface area contributed by atoms with Gasteiger partial charge in [0.15, 0.2) is 0 Å². The van der Waals surface area contributed by atoms with Gasteiger partial charge in [-0.05, 0) is 72.6 Å². The lowest BCUT2D eigenvalue weighted by atomic mass is 9.67. The van der Waals surface area contributed by atoms with Gasteiger partial charge < -0.3 is 0 Å². The molecule has 5 aliphatic rings. The number of hydrogen-bond donors (Lipinski definition) is 0. The fraction of sp³-hybridized carbons (Fsp3) is 0.400. The Labute approximate surface area is 121 Å². The molecule has 1 saturated carbocycles. The monoisotopic (exact) mass is 262 g/mol. The average Bonchev–Trinajstić information content (AvgIpc) is 2.45. The molecule has 0 nitrogen and oxygen atoms in total. The van der Waals surface area contributed by atoms with Crippen LogP contribution in [0, 0.1) is 0 Å². The standard InChI is InChI=1S/C20H22/c1-2-4-16-7-11-18(12-8-16)20-14-13-19(20)17-9-5-15(3-1)6-10-17/h5-12,19-20H,1-4,13-14H2. The predicted molar refractivity (Wildman–Crippen MR) is 84.2 cm³/mol. The first-order chi connectivity index (χ1) is 9.90. The van der Waals surface area contributed by atoms with Gasteiger partial charge in [-0.2, -0.15) is 0 Å². The van der Waals surface area contributed by atoms with Crippen molar-refractivity contribution in [3.05, 3.63) is 70.8 Å². The van der Waals surface area contributed by atoms with Crippen molar-refractivity contribution in [2.24, 2.45) is 0 Å². The molecule has 0 aliphatic heterocycles. The highest BCUT2D eigenvalue weighted by molar-refractivity contribution is 5.35. The van der Waals surface area contributed by atoms with Crippen LogP contribution >= 0.6 is 0 Å². The van der Waals surface area contributed by atoms with Gasteiger partial charge in [0.05, 0.1) is 0 Å². The first-order valence-corrected chi connectivity index (χ1v) is 8.08. The Morgan fingerprint density at radius 3 is 1.30 bits per heavy atom. The smallest absolute Gasteiger partial charge is 0.00929 e. The molecule has 2 atom stereocenters. The molecule has 0 spiro atoms. The average molecular weight is 262 g/mol. The van der Waals surface area contributed by atoms with E-state index in [2.05, 4.69) is 48.5 Å². The molecule has 102 valence electrons. The van der Waals surface area contributed by atoms with Gasteiger partial charge in [-0.25, -0.2) is 0 Å². The zero-order chi connectivity index (χ0) is 13.4. The van der Waals surface area contributed by atoms with Crippen molar-refractivity contribution in [1.29, 1.82) is 0 Å². The summed E-state index contributed by atoms with van der Waals surface area (Å²) in [5.41, 5.74) is 6.11. The van der Waals surface area contributed by atoms with E-state index in [0.29, 0.717) is 0 Å². The molecule has 0 aromatic heterocycles. The third kappa shape index (κ3) is 2.18. The molecule has 0 saturated heterocycles. The minimum absolute atomic E-state index is 0.748. The molecule has 0 amide bonds. The van der Waals surface area contributed by atoms with E-state index in [0.717, 1.165) is 11.8 Å². The summed E-state index contributed by atoms with van der Waals surface area (Å²) >= 11 is 0. The second-order valence-electron chi connectivity index (χ2n) is 6.48. The summed E-state index contributed by atoms with van der Waals surface area (Å²) < 4.78 is 0. The van der Waals surface area contributed by atoms with Gasteiger partial charge in [-0.1, -0.05) is 48.5 Å². The molecule has 2 aromatic carbocycles. The topological polar surface area (TPSA) is 0 Å². The second-order valence-corrected chi connectivity index (χ2v) is 6.48. The zero-order valence-electron chi connectivity index (χ0n) is 12.0. The van der Waals surface area contributed by atoms with Crippen LogP contribution in [0.5, 0.6) is 0 Å². The Morgan fingerprint density at radius 1 is 0.550 bits per heavy atom. The van der Waals surface area contributed by atoms with E-state index >= 15 is 0 Å². The molecule has 0 N–H and O–H groups in total. The summed E-state index contributed by atoms with van der Waals surface area (Å²) in [5.74, 6) is 1.50. The molecule has 2 unspecified atom stereocenters. The van der Waals surface area contributed by atoms with Crippen LogP contribution in [-0.4, -0.2) is 0 Å². The van der Waals surface area contributed by atoms with Crippen LogP contribution in [0.2, 0.25) is 0 Å². The molecule has 0 heteroatoms. The molecular weight excluding hydrogens is 240 g/mol. The van der Waals surface area contributed by atoms with E-state index in [9.17, 15) is 0 Å². The van der Waals surface area contributed by atoms with Gasteiger partial charge in [0.1, 0.15) is 0 Å². The van der Waals surface area contributed by atoms with E-state index < -0.39 is 0 Å². The van der Waals surface area contributed by atoms with Crippen molar-refractivity contribution >= 4 is 0 Å². The summed E-state index contributed by atoms with van der Waals surface area (Å²) in [6, 6.07) is 19.0. The largest absolute Gasteiger partial charge is 0.0588 e. The van der Waals surface area contributed by atoms with E-state index in [1.807, 2.05) is 0 Å². The van der Waals surface area contributed by atoms with E-state index in [1.54, 1.807) is 11.1 Å². The number of hydrogen-bond acceptors (Lipinski definition) is 0. The Hall–Kier alpha value is -1.56. The Balaban J connectivity index is 1.71. The van der Waals surface area contributed by atoms with Gasteiger partial charge in [0.25, 0.3) is 0 Å². The van der Waals surface area contributed by atoms with Crippen molar-refractivity contribution < 1.29 is 0 Å². The number of rotatable bonds is 0. The van der Waals surface area contributed by atoms with Crippen LogP contribution in [-0.2, 0) is 12.8 Å². The zero-order valence-corrected chi connectivity index (χ0v) is 12.0. The molecule has 20 heavy (non-hydrogen) atoms. The molecule has 5 aliphatic carbocycles. The molecule has 7 rings (SSSR count). The molecule has 2 aromatic rings. The fourth-order valence-electron chi connectivity index (χ4n) is 3.82. The van der Waals surface area contributed by atoms with E-state index in [1.165, 1.54) is 49.7 Å². The third-order valence-corrected chi connectivity index (χ3v) is 5.27. The molecule has 0 radical (unpaired) electrons. The fourth-order valence-corrected chi connectivity index (χ4v) is 3.82. The summed E-state index contributed by atoms with van der Waals surface area (Å²) in [6.07, 6.45) is 7.76. The molecular formula is C20H22. The lowest BCUT2D eigenvalue weighted by Crippen LogP contribution is -2.21. The SMILES string of the molecule is c1cc2ccc1CCCCc1ccc(cc1)C1CCC21. The van der Waals surface area contributed by atoms with E-state index in [4.69, 9.17) is 0 Å². The predicted octanol–water partition coefficient (Wildman–Crippen LogP) is 5.23. The van der Waals surface area contributed by atoms with Gasteiger partial charge >= 0.3 is 0 Å². The number of benzene rings is 2. The van der Waals surface area contributed by atoms with Crippen molar-refractivity contribution in [2.45, 2.75) is 50.4 Å². The lowest BCUT2D eigenvalue weighted by Gasteiger charge is -2.37. The minimum atomic E-state index is 0.748. The summed E-state index contributed by atoms with van der Waals surface area (Å²) in [5, 5.41) is 0. The third-order valence-electron chi connectivity index (χ3n) is 5.27. The molecule has 4 bridgehead atoms. The van der Waals surface area contributed by atoms with Gasteiger partial charge in [-0.15, -0.1) is 0 Å². The van der Waals surface area contributed by atoms with Crippen molar-refractivity contribution in [1.82, 2.24) is 0 Å². The Kier molecular flexibility index (Phi) is 3.10. The van der Waals surface area contributed by atoms with Gasteiger partial charge in [0, 0.05) is 0 Å². The van der Waals surface area contributed by atoms with Crippen LogP contribution in [0.4, 0.5) is 0 Å². The minimum Gasteiger partial charge on any atom is -0.0588 e. The van der Waals surface area contributed by atoms with Crippen LogP contribution in [0.15, 0.2) is 48.5 Å². The van der Waals surface area contributed by atoms with Crippen molar-refractivity contribution in [3.8, 4) is 0 Å². The second kappa shape index (κ2) is 5.09. The normalized spacial score (nSPS) is 24.8. The highest BCUT2D eigenvalue weighted by Gasteiger charge is 2.33. The van der Waals surface area contributed by atoms with Crippen molar-refractivity contribution in [2.75, 3.05) is 0 Å². The van der Waals surface area contributed by atoms with Crippen LogP contribution in [0.1, 0.15) is 59.8 Å². The van der Waals surface area contributed by atoms with Gasteiger partial charge in [-0.3, -0.25) is 0 Å². The summed E-state index contributed by atoms with van der Waals surface area (Å²) in [6.45, 7) is 0. The highest BCUT2D eigenvalue weighted by atomic mass is 14.4. The first-order valence-electron chi connectivity index (χ1n) is 8.08. The summed E-state index contributed by atoms with van der Waals surface area (Å²) in [4.78, 5) is 0. The number of aryl methyl sites for hydroxylation is 2. The van der Waals surface area contributed by atoms with Crippen LogP contribution < -0.4 is 0 Å². The molecule has 1 fully saturated rings. The maximum Gasteiger partial charge on any atom is -0.00929 e. The quantitative estimate of drug-likeness (QED) is 0.610. The van der Waals surface area contributed by atoms with Crippen molar-refractivity contribution in [3.63, 3.8) is 0 Å². The maximum absolute atomic E-state index is 2.38. The maximum atomic E-state index is 2.38. The first kappa shape index (κ1) is 12.2. The lowest BCUT2D eigenvalue weighted by molar-refractivity contribution is 0.346. The van der Waals surface area contributed by atoms with Crippen LogP contribution in [0.3, 0.4) is 0 Å². The Morgan fingerprint density at radius 2 is 0.950 bits per heavy atom. The molecule has 0 heterocycles. The van der Waals surface area contributed by atoms with Crippen LogP contribution in [0.25, 0.3) is 0 Å². The summed E-state index contributed by atoms with van der Waals surface area (Å²) in [7, 11) is 0. The van der Waals surface area contributed by atoms with E-state index in [-0.39, 0.29) is 0 Å². The Bertz CT molecular complexity index is 521. The van der Waals surface area contributed by atoms with Gasteiger partial charge in [0.2, 0.25) is 0 Å². The highest BCUT2D eigenvalue weighted by Crippen LogP contribution is 2.49.